The number of likely N-dealkylation sites (N-methyl/N-ethyl adjacent to an activating group) is 1. The first-order valence-electron chi connectivity index (χ1n) is 5.42. The van der Waals surface area contributed by atoms with Crippen molar-refractivity contribution >= 4 is 0 Å². The molecule has 0 aliphatic carbocycles. The van der Waals surface area contributed by atoms with Gasteiger partial charge < -0.3 is 25.4 Å². The van der Waals surface area contributed by atoms with Crippen LogP contribution in [0.2, 0.25) is 0 Å². The van der Waals surface area contributed by atoms with Gasteiger partial charge in [0.15, 0.2) is 0 Å². The molecule has 4 N–H and O–H groups in total. The molecule has 0 spiro atoms. The molecule has 0 saturated heterocycles. The van der Waals surface area contributed by atoms with Crippen molar-refractivity contribution in [1.29, 1.82) is 0 Å². The molecule has 17 heavy (non-hydrogen) atoms. The Bertz CT molecular complexity index is 356. The Hall–Kier alpha value is -1.14. The minimum Gasteiger partial charge on any atom is -0.496 e. The predicted octanol–water partition coefficient (Wildman–Crippen LogP) is -0.199. The molecule has 2 unspecified atom stereocenters. The van der Waals surface area contributed by atoms with Crippen LogP contribution < -0.4 is 10.1 Å². The Balaban J connectivity index is 3.00. The van der Waals surface area contributed by atoms with E-state index in [4.69, 9.17) is 9.84 Å². The number of methoxy groups -OCH3 is 1. The van der Waals surface area contributed by atoms with Crippen LogP contribution >= 0.6 is 0 Å². The lowest BCUT2D eigenvalue weighted by atomic mass is 10.0. The summed E-state index contributed by atoms with van der Waals surface area (Å²) in [5.74, 6) is 0.491. The Labute approximate surface area is 101 Å². The topological polar surface area (TPSA) is 82.0 Å². The van der Waals surface area contributed by atoms with Crippen molar-refractivity contribution in [2.45, 2.75) is 18.8 Å². The molecule has 5 nitrogen and oxygen atoms in total. The molecule has 0 bridgehead atoms. The van der Waals surface area contributed by atoms with Gasteiger partial charge >= 0.3 is 0 Å². The van der Waals surface area contributed by atoms with Gasteiger partial charge in [-0.2, -0.15) is 0 Å². The molecule has 0 amide bonds. The van der Waals surface area contributed by atoms with E-state index >= 15 is 0 Å². The molecule has 1 rings (SSSR count). The standard InChI is InChI=1S/C12H19NO4/c1-13-6-10(15)12(16)9-5-8(7-14)3-4-11(9)17-2/h3-5,10,12-16H,6-7H2,1-2H3. The third-order valence-electron chi connectivity index (χ3n) is 2.57. The van der Waals surface area contributed by atoms with Crippen LogP contribution in [0.1, 0.15) is 17.2 Å². The number of hydrogen-bond donors (Lipinski definition) is 4. The van der Waals surface area contributed by atoms with Crippen molar-refractivity contribution < 1.29 is 20.1 Å². The predicted molar refractivity (Wildman–Crippen MR) is 63.8 cm³/mol. The molecule has 1 aromatic carbocycles. The molecule has 0 saturated carbocycles. The largest absolute Gasteiger partial charge is 0.496 e. The lowest BCUT2D eigenvalue weighted by molar-refractivity contribution is 0.0188. The normalized spacial score (nSPS) is 14.4. The van der Waals surface area contributed by atoms with Crippen LogP contribution in [0.5, 0.6) is 5.75 Å². The Morgan fingerprint density at radius 1 is 1.35 bits per heavy atom. The van der Waals surface area contributed by atoms with Gasteiger partial charge in [0.1, 0.15) is 11.9 Å². The average Bonchev–Trinajstić information content (AvgIpc) is 2.37. The third-order valence-corrected chi connectivity index (χ3v) is 2.57. The van der Waals surface area contributed by atoms with Gasteiger partial charge in [0.05, 0.1) is 19.8 Å². The fourth-order valence-corrected chi connectivity index (χ4v) is 1.64. The maximum atomic E-state index is 10.0. The van der Waals surface area contributed by atoms with Crippen LogP contribution in [0.3, 0.4) is 0 Å². The number of aliphatic hydroxyl groups excluding tert-OH is 3. The Morgan fingerprint density at radius 2 is 2.06 bits per heavy atom. The van der Waals surface area contributed by atoms with E-state index < -0.39 is 12.2 Å². The SMILES string of the molecule is CNCC(O)C(O)c1cc(CO)ccc1OC. The summed E-state index contributed by atoms with van der Waals surface area (Å²) >= 11 is 0. The summed E-state index contributed by atoms with van der Waals surface area (Å²) in [5.41, 5.74) is 1.14. The highest BCUT2D eigenvalue weighted by Gasteiger charge is 2.21. The first-order chi connectivity index (χ1) is 8.13. The van der Waals surface area contributed by atoms with Crippen molar-refractivity contribution in [2.75, 3.05) is 20.7 Å². The second-order valence-corrected chi connectivity index (χ2v) is 3.80. The Kier molecular flexibility index (Phi) is 5.37. The zero-order valence-electron chi connectivity index (χ0n) is 10.1. The van der Waals surface area contributed by atoms with Crippen molar-refractivity contribution in [2.24, 2.45) is 0 Å². The molecular formula is C12H19NO4. The molecule has 96 valence electrons. The summed E-state index contributed by atoms with van der Waals surface area (Å²) in [6.07, 6.45) is -1.98. The molecule has 0 radical (unpaired) electrons. The van der Waals surface area contributed by atoms with Gasteiger partial charge in [-0.05, 0) is 24.7 Å². The number of aliphatic hydroxyl groups is 3. The zero-order chi connectivity index (χ0) is 12.8. The van der Waals surface area contributed by atoms with Crippen molar-refractivity contribution in [1.82, 2.24) is 5.32 Å². The van der Waals surface area contributed by atoms with Gasteiger partial charge in [-0.15, -0.1) is 0 Å². The number of hydrogen-bond acceptors (Lipinski definition) is 5. The molecule has 1 aromatic rings. The van der Waals surface area contributed by atoms with Crippen LogP contribution in [-0.4, -0.2) is 42.1 Å². The van der Waals surface area contributed by atoms with Crippen molar-refractivity contribution in [3.8, 4) is 5.75 Å². The van der Waals surface area contributed by atoms with Crippen LogP contribution in [0, 0.1) is 0 Å². The minimum atomic E-state index is -1.05. The van der Waals surface area contributed by atoms with Crippen molar-refractivity contribution in [3.63, 3.8) is 0 Å². The number of ether oxygens (including phenoxy) is 1. The molecular weight excluding hydrogens is 222 g/mol. The molecule has 0 aliphatic heterocycles. The lowest BCUT2D eigenvalue weighted by Crippen LogP contribution is -2.29. The fourth-order valence-electron chi connectivity index (χ4n) is 1.64. The quantitative estimate of drug-likeness (QED) is 0.554. The van der Waals surface area contributed by atoms with Gasteiger partial charge in [-0.3, -0.25) is 0 Å². The smallest absolute Gasteiger partial charge is 0.124 e. The van der Waals surface area contributed by atoms with Crippen LogP contribution in [-0.2, 0) is 6.61 Å². The lowest BCUT2D eigenvalue weighted by Gasteiger charge is -2.20. The van der Waals surface area contributed by atoms with Crippen molar-refractivity contribution in [3.05, 3.63) is 29.3 Å². The second kappa shape index (κ2) is 6.56. The monoisotopic (exact) mass is 241 g/mol. The second-order valence-electron chi connectivity index (χ2n) is 3.80. The highest BCUT2D eigenvalue weighted by atomic mass is 16.5. The maximum absolute atomic E-state index is 10.0. The van der Waals surface area contributed by atoms with Crippen LogP contribution in [0.15, 0.2) is 18.2 Å². The number of rotatable bonds is 6. The van der Waals surface area contributed by atoms with Crippen LogP contribution in [0.4, 0.5) is 0 Å². The molecule has 0 fully saturated rings. The number of nitrogens with one attached hydrogen (secondary N) is 1. The summed E-state index contributed by atoms with van der Waals surface area (Å²) < 4.78 is 5.12. The maximum Gasteiger partial charge on any atom is 0.124 e. The number of benzene rings is 1. The van der Waals surface area contributed by atoms with E-state index in [0.717, 1.165) is 0 Å². The van der Waals surface area contributed by atoms with E-state index in [2.05, 4.69) is 5.32 Å². The van der Waals surface area contributed by atoms with E-state index in [-0.39, 0.29) is 13.2 Å². The summed E-state index contributed by atoms with van der Waals surface area (Å²) in [7, 11) is 3.19. The highest BCUT2D eigenvalue weighted by molar-refractivity contribution is 5.39. The van der Waals surface area contributed by atoms with Gasteiger partial charge in [0.25, 0.3) is 0 Å². The molecule has 2 atom stereocenters. The first kappa shape index (κ1) is 13.9. The minimum absolute atomic E-state index is 0.119. The van der Waals surface area contributed by atoms with Gasteiger partial charge in [0, 0.05) is 12.1 Å². The third kappa shape index (κ3) is 3.41. The molecule has 5 heteroatoms. The summed E-state index contributed by atoms with van der Waals surface area (Å²) in [6, 6.07) is 5.00. The van der Waals surface area contributed by atoms with Gasteiger partial charge in [-0.1, -0.05) is 6.07 Å². The van der Waals surface area contributed by atoms with E-state index in [0.29, 0.717) is 16.9 Å². The summed E-state index contributed by atoms with van der Waals surface area (Å²) in [5, 5.41) is 31.6. The van der Waals surface area contributed by atoms with E-state index in [1.807, 2.05) is 0 Å². The fraction of sp³-hybridized carbons (Fsp3) is 0.500. The van der Waals surface area contributed by atoms with E-state index in [1.54, 1.807) is 25.2 Å². The molecule has 0 heterocycles. The average molecular weight is 241 g/mol. The van der Waals surface area contributed by atoms with Crippen LogP contribution in [0.25, 0.3) is 0 Å². The summed E-state index contributed by atoms with van der Waals surface area (Å²) in [4.78, 5) is 0. The zero-order valence-corrected chi connectivity index (χ0v) is 10.1. The Morgan fingerprint density at radius 3 is 2.59 bits per heavy atom. The highest BCUT2D eigenvalue weighted by Crippen LogP contribution is 2.28. The van der Waals surface area contributed by atoms with E-state index in [9.17, 15) is 10.2 Å². The van der Waals surface area contributed by atoms with Gasteiger partial charge in [-0.25, -0.2) is 0 Å². The molecule has 0 aliphatic rings. The first-order valence-corrected chi connectivity index (χ1v) is 5.42. The molecule has 0 aromatic heterocycles. The van der Waals surface area contributed by atoms with Gasteiger partial charge in [0.2, 0.25) is 0 Å². The summed E-state index contributed by atoms with van der Waals surface area (Å²) in [6.45, 7) is 0.152. The van der Waals surface area contributed by atoms with E-state index in [1.165, 1.54) is 7.11 Å².